The summed E-state index contributed by atoms with van der Waals surface area (Å²) in [6.45, 7) is 3.44. The van der Waals surface area contributed by atoms with Gasteiger partial charge in [-0.2, -0.15) is 0 Å². The maximum absolute atomic E-state index is 13.4. The standard InChI is InChI=1S/C13H17F2NO2/c1-3-12(13(17)18)16-8(2)7-9-10(14)5-4-6-11(9)15/h4-6,8,12,16H,3,7H2,1-2H3,(H,17,18). The maximum atomic E-state index is 13.4. The van der Waals surface area contributed by atoms with Crippen LogP contribution in [0.1, 0.15) is 25.8 Å². The first-order chi connectivity index (χ1) is 8.45. The minimum atomic E-state index is -0.960. The molecule has 0 aliphatic carbocycles. The Morgan fingerprint density at radius 2 is 1.94 bits per heavy atom. The summed E-state index contributed by atoms with van der Waals surface area (Å²) in [6.07, 6.45) is 0.529. The van der Waals surface area contributed by atoms with Crippen molar-refractivity contribution < 1.29 is 18.7 Å². The van der Waals surface area contributed by atoms with E-state index in [9.17, 15) is 13.6 Å². The summed E-state index contributed by atoms with van der Waals surface area (Å²) < 4.78 is 26.8. The van der Waals surface area contributed by atoms with E-state index in [0.29, 0.717) is 6.42 Å². The lowest BCUT2D eigenvalue weighted by Crippen LogP contribution is -2.42. The lowest BCUT2D eigenvalue weighted by atomic mass is 10.0. The number of benzene rings is 1. The van der Waals surface area contributed by atoms with E-state index < -0.39 is 23.6 Å². The van der Waals surface area contributed by atoms with Crippen molar-refractivity contribution in [1.82, 2.24) is 5.32 Å². The topological polar surface area (TPSA) is 49.3 Å². The van der Waals surface area contributed by atoms with E-state index >= 15 is 0 Å². The molecule has 0 saturated carbocycles. The summed E-state index contributed by atoms with van der Waals surface area (Å²) in [5.41, 5.74) is -0.0160. The van der Waals surface area contributed by atoms with Crippen molar-refractivity contribution in [3.63, 3.8) is 0 Å². The first-order valence-corrected chi connectivity index (χ1v) is 5.87. The molecule has 0 spiro atoms. The van der Waals surface area contributed by atoms with Crippen LogP contribution in [-0.2, 0) is 11.2 Å². The Labute approximate surface area is 105 Å². The number of nitrogens with one attached hydrogen (secondary N) is 1. The van der Waals surface area contributed by atoms with Crippen molar-refractivity contribution in [3.8, 4) is 0 Å². The third-order valence-electron chi connectivity index (χ3n) is 2.76. The van der Waals surface area contributed by atoms with Crippen molar-refractivity contribution in [1.29, 1.82) is 0 Å². The molecule has 0 aliphatic rings. The van der Waals surface area contributed by atoms with Gasteiger partial charge in [0.05, 0.1) is 0 Å². The Balaban J connectivity index is 2.70. The maximum Gasteiger partial charge on any atom is 0.320 e. The Bertz CT molecular complexity index is 403. The Morgan fingerprint density at radius 1 is 1.39 bits per heavy atom. The molecule has 0 heterocycles. The number of aliphatic carboxylic acids is 1. The Hall–Kier alpha value is -1.49. The molecule has 0 aromatic heterocycles. The molecule has 2 unspecified atom stereocenters. The number of carbonyl (C=O) groups is 1. The van der Waals surface area contributed by atoms with Crippen LogP contribution in [0, 0.1) is 11.6 Å². The second kappa shape index (κ2) is 6.44. The minimum Gasteiger partial charge on any atom is -0.480 e. The lowest BCUT2D eigenvalue weighted by Gasteiger charge is -2.19. The molecule has 0 fully saturated rings. The Morgan fingerprint density at radius 3 is 2.39 bits per heavy atom. The van der Waals surface area contributed by atoms with Crippen LogP contribution in [0.25, 0.3) is 0 Å². The molecular formula is C13H17F2NO2. The van der Waals surface area contributed by atoms with Crippen LogP contribution in [0.5, 0.6) is 0 Å². The molecule has 2 atom stereocenters. The second-order valence-corrected chi connectivity index (χ2v) is 4.27. The molecule has 0 amide bonds. The highest BCUT2D eigenvalue weighted by molar-refractivity contribution is 5.73. The molecule has 2 N–H and O–H groups in total. The zero-order chi connectivity index (χ0) is 13.7. The van der Waals surface area contributed by atoms with Crippen molar-refractivity contribution in [2.75, 3.05) is 0 Å². The highest BCUT2D eigenvalue weighted by atomic mass is 19.1. The van der Waals surface area contributed by atoms with Gasteiger partial charge in [-0.1, -0.05) is 13.0 Å². The predicted molar refractivity (Wildman–Crippen MR) is 64.4 cm³/mol. The number of carboxylic acid groups (broad SMARTS) is 1. The van der Waals surface area contributed by atoms with Crippen LogP contribution < -0.4 is 5.32 Å². The van der Waals surface area contributed by atoms with Crippen LogP contribution in [-0.4, -0.2) is 23.2 Å². The van der Waals surface area contributed by atoms with Crippen molar-refractivity contribution >= 4 is 5.97 Å². The summed E-state index contributed by atoms with van der Waals surface area (Å²) in [4.78, 5) is 10.8. The summed E-state index contributed by atoms with van der Waals surface area (Å²) in [7, 11) is 0. The molecule has 0 bridgehead atoms. The van der Waals surface area contributed by atoms with Gasteiger partial charge in [0, 0.05) is 11.6 Å². The third kappa shape index (κ3) is 3.77. The Kier molecular flexibility index (Phi) is 5.22. The van der Waals surface area contributed by atoms with Gasteiger partial charge in [-0.3, -0.25) is 4.79 Å². The highest BCUT2D eigenvalue weighted by Gasteiger charge is 2.19. The van der Waals surface area contributed by atoms with Gasteiger partial charge in [-0.05, 0) is 31.9 Å². The van der Waals surface area contributed by atoms with E-state index in [0.717, 1.165) is 0 Å². The van der Waals surface area contributed by atoms with E-state index in [1.165, 1.54) is 18.2 Å². The zero-order valence-corrected chi connectivity index (χ0v) is 10.4. The van der Waals surface area contributed by atoms with Crippen LogP contribution >= 0.6 is 0 Å². The van der Waals surface area contributed by atoms with E-state index in [1.807, 2.05) is 0 Å². The molecule has 1 aromatic carbocycles. The molecule has 1 aromatic rings. The van der Waals surface area contributed by atoms with Gasteiger partial charge < -0.3 is 10.4 Å². The highest BCUT2D eigenvalue weighted by Crippen LogP contribution is 2.14. The number of hydrogen-bond donors (Lipinski definition) is 2. The number of rotatable bonds is 6. The van der Waals surface area contributed by atoms with E-state index in [2.05, 4.69) is 5.32 Å². The first-order valence-electron chi connectivity index (χ1n) is 5.87. The summed E-state index contributed by atoms with van der Waals surface area (Å²) in [5.74, 6) is -2.17. The molecule has 100 valence electrons. The molecule has 0 saturated heterocycles. The fourth-order valence-corrected chi connectivity index (χ4v) is 1.80. The third-order valence-corrected chi connectivity index (χ3v) is 2.76. The SMILES string of the molecule is CCC(NC(C)Cc1c(F)cccc1F)C(=O)O. The molecule has 0 radical (unpaired) electrons. The minimum absolute atomic E-state index is 0.0160. The van der Waals surface area contributed by atoms with Crippen molar-refractivity contribution in [2.24, 2.45) is 0 Å². The monoisotopic (exact) mass is 257 g/mol. The number of hydrogen-bond acceptors (Lipinski definition) is 2. The quantitative estimate of drug-likeness (QED) is 0.822. The van der Waals surface area contributed by atoms with E-state index in [-0.39, 0.29) is 18.0 Å². The van der Waals surface area contributed by atoms with Gasteiger partial charge in [0.25, 0.3) is 0 Å². The van der Waals surface area contributed by atoms with Gasteiger partial charge in [-0.25, -0.2) is 8.78 Å². The summed E-state index contributed by atoms with van der Waals surface area (Å²) in [5, 5.41) is 11.7. The van der Waals surface area contributed by atoms with E-state index in [1.54, 1.807) is 13.8 Å². The normalized spacial score (nSPS) is 14.2. The molecule has 1 rings (SSSR count). The van der Waals surface area contributed by atoms with Gasteiger partial charge in [0.1, 0.15) is 17.7 Å². The summed E-state index contributed by atoms with van der Waals surface area (Å²) in [6, 6.07) is 2.67. The number of carboxylic acids is 1. The van der Waals surface area contributed by atoms with Crippen LogP contribution in [0.4, 0.5) is 8.78 Å². The van der Waals surface area contributed by atoms with Gasteiger partial charge in [0.15, 0.2) is 0 Å². The molecule has 0 aliphatic heterocycles. The zero-order valence-electron chi connectivity index (χ0n) is 10.4. The van der Waals surface area contributed by atoms with Crippen molar-refractivity contribution in [2.45, 2.75) is 38.8 Å². The molecule has 18 heavy (non-hydrogen) atoms. The van der Waals surface area contributed by atoms with E-state index in [4.69, 9.17) is 5.11 Å². The smallest absolute Gasteiger partial charge is 0.320 e. The van der Waals surface area contributed by atoms with Gasteiger partial charge in [-0.15, -0.1) is 0 Å². The van der Waals surface area contributed by atoms with Gasteiger partial charge >= 0.3 is 5.97 Å². The number of halogens is 2. The fourth-order valence-electron chi connectivity index (χ4n) is 1.80. The van der Waals surface area contributed by atoms with Gasteiger partial charge in [0.2, 0.25) is 0 Å². The molecule has 3 nitrogen and oxygen atoms in total. The average molecular weight is 257 g/mol. The van der Waals surface area contributed by atoms with Crippen LogP contribution in [0.2, 0.25) is 0 Å². The van der Waals surface area contributed by atoms with Crippen molar-refractivity contribution in [3.05, 3.63) is 35.4 Å². The largest absolute Gasteiger partial charge is 0.480 e. The first kappa shape index (κ1) is 14.6. The van der Waals surface area contributed by atoms with Crippen LogP contribution in [0.15, 0.2) is 18.2 Å². The lowest BCUT2D eigenvalue weighted by molar-refractivity contribution is -0.139. The fraction of sp³-hybridized carbons (Fsp3) is 0.462. The molecular weight excluding hydrogens is 240 g/mol. The van der Waals surface area contributed by atoms with Crippen LogP contribution in [0.3, 0.4) is 0 Å². The average Bonchev–Trinajstić information content (AvgIpc) is 2.30. The summed E-state index contributed by atoms with van der Waals surface area (Å²) >= 11 is 0. The molecule has 5 heteroatoms. The predicted octanol–water partition coefficient (Wildman–Crippen LogP) is 2.35. The second-order valence-electron chi connectivity index (χ2n) is 4.27.